The Morgan fingerprint density at radius 1 is 0.971 bits per heavy atom. The fourth-order valence-corrected chi connectivity index (χ4v) is 5.12. The van der Waals surface area contributed by atoms with E-state index in [4.69, 9.17) is 9.47 Å². The number of ether oxygens (including phenoxy) is 2. The van der Waals surface area contributed by atoms with Gasteiger partial charge in [-0.2, -0.15) is 5.10 Å². The quantitative estimate of drug-likeness (QED) is 0.314. The Bertz CT molecular complexity index is 1280. The lowest BCUT2D eigenvalue weighted by molar-refractivity contribution is -0.529. The zero-order valence-electron chi connectivity index (χ0n) is 18.7. The summed E-state index contributed by atoms with van der Waals surface area (Å²) < 4.78 is 10.8. The maximum Gasteiger partial charge on any atom is 0.248 e. The third kappa shape index (κ3) is 3.39. The van der Waals surface area contributed by atoms with Crippen LogP contribution in [0, 0.1) is 10.1 Å². The number of rotatable bonds is 6. The van der Waals surface area contributed by atoms with E-state index >= 15 is 0 Å². The van der Waals surface area contributed by atoms with Crippen LogP contribution in [0.1, 0.15) is 39.0 Å². The Kier molecular flexibility index (Phi) is 5.49. The highest BCUT2D eigenvalue weighted by molar-refractivity contribution is 6.01. The van der Waals surface area contributed by atoms with Crippen molar-refractivity contribution >= 4 is 12.0 Å². The Morgan fingerprint density at radius 3 is 2.38 bits per heavy atom. The highest BCUT2D eigenvalue weighted by Crippen LogP contribution is 2.50. The van der Waals surface area contributed by atoms with Gasteiger partial charge in [0, 0.05) is 16.1 Å². The summed E-state index contributed by atoms with van der Waals surface area (Å²) in [6, 6.07) is 18.9. The van der Waals surface area contributed by atoms with E-state index in [9.17, 15) is 14.9 Å². The first kappa shape index (κ1) is 21.6. The molecule has 0 unspecified atom stereocenters. The summed E-state index contributed by atoms with van der Waals surface area (Å²) in [5.41, 5.74) is 2.70. The van der Waals surface area contributed by atoms with E-state index in [1.165, 1.54) is 14.2 Å². The number of benzene rings is 3. The molecule has 4 atom stereocenters. The Morgan fingerprint density at radius 2 is 1.68 bits per heavy atom. The smallest absolute Gasteiger partial charge is 0.248 e. The molecule has 0 radical (unpaired) electrons. The SMILES string of the molecule is COc1ccc([C@H]2[C@H]([N+](=O)[O-])[C@H]3c4ccccc4C=NN3[C@H]2C(=O)c2ccccc2)cc1OC. The lowest BCUT2D eigenvalue weighted by atomic mass is 9.82. The average molecular weight is 457 g/mol. The molecular formula is C26H23N3O5. The van der Waals surface area contributed by atoms with Crippen molar-refractivity contribution in [3.63, 3.8) is 0 Å². The van der Waals surface area contributed by atoms with Gasteiger partial charge in [0.25, 0.3) is 0 Å². The maximum absolute atomic E-state index is 13.8. The van der Waals surface area contributed by atoms with Crippen LogP contribution in [0.2, 0.25) is 0 Å². The third-order valence-corrected chi connectivity index (χ3v) is 6.61. The second-order valence-electron chi connectivity index (χ2n) is 8.29. The number of nitro groups is 1. The summed E-state index contributed by atoms with van der Waals surface area (Å²) in [4.78, 5) is 26.2. The maximum atomic E-state index is 13.8. The van der Waals surface area contributed by atoms with Gasteiger partial charge in [-0.1, -0.05) is 60.7 Å². The molecule has 1 fully saturated rings. The number of Topliss-reactive ketones (excluding diaryl/α,β-unsaturated/α-hetero) is 1. The van der Waals surface area contributed by atoms with E-state index in [0.29, 0.717) is 22.6 Å². The molecule has 8 heteroatoms. The molecule has 0 N–H and O–H groups in total. The molecule has 0 aromatic heterocycles. The highest BCUT2D eigenvalue weighted by Gasteiger charge is 2.60. The molecule has 2 aliphatic rings. The average Bonchev–Trinajstić information content (AvgIpc) is 3.24. The molecule has 0 spiro atoms. The molecular weight excluding hydrogens is 434 g/mol. The lowest BCUT2D eigenvalue weighted by Crippen LogP contribution is -2.38. The van der Waals surface area contributed by atoms with Gasteiger partial charge in [0.2, 0.25) is 6.04 Å². The van der Waals surface area contributed by atoms with Gasteiger partial charge in [0.05, 0.1) is 26.4 Å². The molecule has 5 rings (SSSR count). The number of hydrogen-bond donors (Lipinski definition) is 0. The predicted octanol–water partition coefficient (Wildman–Crippen LogP) is 4.09. The zero-order chi connectivity index (χ0) is 23.8. The molecule has 0 saturated carbocycles. The number of nitrogens with zero attached hydrogens (tertiary/aromatic N) is 3. The standard InChI is InChI=1S/C26H23N3O5/c1-33-20-13-12-17(14-21(20)34-2)22-24(29(31)32)23-19-11-7-6-10-18(19)15-27-28(23)25(22)26(30)16-8-4-3-5-9-16/h3-15,22-25H,1-2H3/t22-,23+,24-,25+/m0/s1. The molecule has 172 valence electrons. The minimum Gasteiger partial charge on any atom is -0.493 e. The van der Waals surface area contributed by atoms with E-state index in [1.807, 2.05) is 30.3 Å². The van der Waals surface area contributed by atoms with Crippen LogP contribution in [-0.2, 0) is 0 Å². The molecule has 2 heterocycles. The van der Waals surface area contributed by atoms with E-state index in [1.54, 1.807) is 53.7 Å². The molecule has 8 nitrogen and oxygen atoms in total. The number of ketones is 1. The fourth-order valence-electron chi connectivity index (χ4n) is 5.12. The number of methoxy groups -OCH3 is 2. The van der Waals surface area contributed by atoms with Gasteiger partial charge in [-0.25, -0.2) is 0 Å². The summed E-state index contributed by atoms with van der Waals surface area (Å²) in [6.07, 6.45) is 1.67. The lowest BCUT2D eigenvalue weighted by Gasteiger charge is -2.30. The van der Waals surface area contributed by atoms with Crippen molar-refractivity contribution in [2.45, 2.75) is 24.0 Å². The van der Waals surface area contributed by atoms with E-state index < -0.39 is 24.0 Å². The number of hydrogen-bond acceptors (Lipinski definition) is 7. The van der Waals surface area contributed by atoms with Crippen LogP contribution in [0.3, 0.4) is 0 Å². The zero-order valence-corrected chi connectivity index (χ0v) is 18.7. The van der Waals surface area contributed by atoms with Crippen LogP contribution < -0.4 is 9.47 Å². The number of carbonyl (C=O) groups excluding carboxylic acids is 1. The van der Waals surface area contributed by atoms with Gasteiger partial charge >= 0.3 is 0 Å². The second-order valence-corrected chi connectivity index (χ2v) is 8.29. The Labute approximate surface area is 196 Å². The first-order valence-electron chi connectivity index (χ1n) is 10.9. The Hall–Kier alpha value is -4.20. The number of hydrazone groups is 1. The van der Waals surface area contributed by atoms with Crippen molar-refractivity contribution in [2.75, 3.05) is 14.2 Å². The van der Waals surface area contributed by atoms with Crippen LogP contribution in [0.15, 0.2) is 77.9 Å². The monoisotopic (exact) mass is 457 g/mol. The molecule has 0 bridgehead atoms. The van der Waals surface area contributed by atoms with Gasteiger partial charge < -0.3 is 9.47 Å². The number of carbonyl (C=O) groups is 1. The highest BCUT2D eigenvalue weighted by atomic mass is 16.6. The molecule has 1 saturated heterocycles. The van der Waals surface area contributed by atoms with Gasteiger partial charge in [-0.05, 0) is 23.3 Å². The van der Waals surface area contributed by atoms with Crippen molar-refractivity contribution in [1.29, 1.82) is 0 Å². The topological polar surface area (TPSA) is 94.3 Å². The first-order valence-corrected chi connectivity index (χ1v) is 10.9. The van der Waals surface area contributed by atoms with Crippen molar-refractivity contribution in [2.24, 2.45) is 5.10 Å². The molecule has 3 aromatic carbocycles. The van der Waals surface area contributed by atoms with Crippen molar-refractivity contribution in [3.8, 4) is 11.5 Å². The summed E-state index contributed by atoms with van der Waals surface area (Å²) in [6.45, 7) is 0. The van der Waals surface area contributed by atoms with Crippen LogP contribution in [0.25, 0.3) is 0 Å². The minimum atomic E-state index is -1.10. The molecule has 2 aliphatic heterocycles. The number of fused-ring (bicyclic) bond motifs is 3. The third-order valence-electron chi connectivity index (χ3n) is 6.61. The van der Waals surface area contributed by atoms with Crippen LogP contribution in [-0.4, -0.2) is 48.2 Å². The summed E-state index contributed by atoms with van der Waals surface area (Å²) >= 11 is 0. The van der Waals surface area contributed by atoms with Gasteiger partial charge in [-0.3, -0.25) is 19.9 Å². The van der Waals surface area contributed by atoms with Gasteiger partial charge in [-0.15, -0.1) is 0 Å². The van der Waals surface area contributed by atoms with E-state index in [-0.39, 0.29) is 10.7 Å². The largest absolute Gasteiger partial charge is 0.493 e. The van der Waals surface area contributed by atoms with E-state index in [2.05, 4.69) is 5.10 Å². The van der Waals surface area contributed by atoms with Crippen LogP contribution >= 0.6 is 0 Å². The molecule has 3 aromatic rings. The van der Waals surface area contributed by atoms with Crippen molar-refractivity contribution in [3.05, 3.63) is 105 Å². The normalized spacial score (nSPS) is 22.6. The van der Waals surface area contributed by atoms with E-state index in [0.717, 1.165) is 11.1 Å². The predicted molar refractivity (Wildman–Crippen MR) is 126 cm³/mol. The molecule has 0 aliphatic carbocycles. The fraction of sp³-hybridized carbons (Fsp3) is 0.231. The van der Waals surface area contributed by atoms with Gasteiger partial charge in [0.1, 0.15) is 12.1 Å². The molecule has 34 heavy (non-hydrogen) atoms. The van der Waals surface area contributed by atoms with Crippen molar-refractivity contribution < 1.29 is 19.2 Å². The summed E-state index contributed by atoms with van der Waals surface area (Å²) in [5.74, 6) is -0.0298. The summed E-state index contributed by atoms with van der Waals surface area (Å²) in [5, 5.41) is 18.8. The van der Waals surface area contributed by atoms with Crippen LogP contribution in [0.4, 0.5) is 0 Å². The van der Waals surface area contributed by atoms with Crippen LogP contribution in [0.5, 0.6) is 11.5 Å². The Balaban J connectivity index is 1.72. The van der Waals surface area contributed by atoms with Gasteiger partial charge in [0.15, 0.2) is 17.3 Å². The molecule has 0 amide bonds. The first-order chi connectivity index (χ1) is 16.5. The van der Waals surface area contributed by atoms with Crippen molar-refractivity contribution in [1.82, 2.24) is 5.01 Å². The minimum absolute atomic E-state index is 0.216. The summed E-state index contributed by atoms with van der Waals surface area (Å²) in [7, 11) is 3.04. The second kappa shape index (κ2) is 8.62.